The number of nitrogens with zero attached hydrogens (tertiary/aromatic N) is 1. The van der Waals surface area contributed by atoms with Gasteiger partial charge in [0.25, 0.3) is 0 Å². The lowest BCUT2D eigenvalue weighted by Crippen LogP contribution is -1.95. The highest BCUT2D eigenvalue weighted by atomic mass is 16.5. The van der Waals surface area contributed by atoms with Crippen LogP contribution in [0.15, 0.2) is 12.2 Å². The summed E-state index contributed by atoms with van der Waals surface area (Å²) in [5, 5.41) is 8.34. The van der Waals surface area contributed by atoms with Crippen molar-refractivity contribution in [2.45, 2.75) is 77.6 Å². The Morgan fingerprint density at radius 1 is 0.842 bits per heavy atom. The lowest BCUT2D eigenvalue weighted by atomic mass is 10.1. The Hall–Kier alpha value is -0.810. The second kappa shape index (κ2) is 17.2. The third kappa shape index (κ3) is 17.2. The Labute approximate surface area is 119 Å². The maximum atomic E-state index is 8.34. The van der Waals surface area contributed by atoms with E-state index in [9.17, 15) is 0 Å². The van der Waals surface area contributed by atoms with Gasteiger partial charge in [0.05, 0.1) is 19.1 Å². The van der Waals surface area contributed by atoms with Crippen LogP contribution in [-0.4, -0.2) is 13.2 Å². The maximum absolute atomic E-state index is 8.34. The minimum absolute atomic E-state index is 0.521. The van der Waals surface area contributed by atoms with Gasteiger partial charge in [-0.05, 0) is 25.7 Å². The molecule has 0 radical (unpaired) electrons. The third-order valence-corrected chi connectivity index (χ3v) is 3.17. The highest BCUT2D eigenvalue weighted by Gasteiger charge is 1.93. The molecule has 0 aliphatic heterocycles. The third-order valence-electron chi connectivity index (χ3n) is 3.17. The monoisotopic (exact) mass is 265 g/mol. The first kappa shape index (κ1) is 18.2. The van der Waals surface area contributed by atoms with Crippen LogP contribution in [0.25, 0.3) is 0 Å². The lowest BCUT2D eigenvalue weighted by Gasteiger charge is -2.02. The second-order valence-electron chi connectivity index (χ2n) is 5.02. The van der Waals surface area contributed by atoms with Gasteiger partial charge in [0.1, 0.15) is 0 Å². The first-order chi connectivity index (χ1) is 9.41. The molecule has 0 heterocycles. The molecule has 0 atom stereocenters. The standard InChI is InChI=1S/C17H31NO/c1-2-3-4-5-6-7-8-9-10-11-12-13-16-19-17-14-15-18/h3-4H,2,5-14,16-17H2,1H3/b4-3+. The Balaban J connectivity index is 2.95. The summed E-state index contributed by atoms with van der Waals surface area (Å²) in [6.45, 7) is 3.61. The molecule has 19 heavy (non-hydrogen) atoms. The summed E-state index contributed by atoms with van der Waals surface area (Å²) in [6.07, 6.45) is 18.1. The van der Waals surface area contributed by atoms with Crippen molar-refractivity contribution >= 4 is 0 Å². The van der Waals surface area contributed by atoms with Crippen molar-refractivity contribution in [1.82, 2.24) is 0 Å². The normalized spacial score (nSPS) is 10.9. The van der Waals surface area contributed by atoms with Gasteiger partial charge in [0.15, 0.2) is 0 Å². The maximum Gasteiger partial charge on any atom is 0.0645 e. The van der Waals surface area contributed by atoms with E-state index in [1.807, 2.05) is 0 Å². The zero-order valence-electron chi connectivity index (χ0n) is 12.7. The largest absolute Gasteiger partial charge is 0.380 e. The van der Waals surface area contributed by atoms with Crippen LogP contribution < -0.4 is 0 Å². The molecular formula is C17H31NO. The topological polar surface area (TPSA) is 33.0 Å². The van der Waals surface area contributed by atoms with E-state index in [2.05, 4.69) is 25.1 Å². The molecule has 0 aromatic carbocycles. The van der Waals surface area contributed by atoms with Crippen LogP contribution in [0.1, 0.15) is 77.6 Å². The van der Waals surface area contributed by atoms with Crippen LogP contribution in [-0.2, 0) is 4.74 Å². The Bertz CT molecular complexity index is 230. The predicted molar refractivity (Wildman–Crippen MR) is 82.0 cm³/mol. The van der Waals surface area contributed by atoms with Crippen LogP contribution in [0, 0.1) is 11.3 Å². The van der Waals surface area contributed by atoms with E-state index in [4.69, 9.17) is 10.00 Å². The minimum Gasteiger partial charge on any atom is -0.380 e. The first-order valence-corrected chi connectivity index (χ1v) is 8.01. The fourth-order valence-corrected chi connectivity index (χ4v) is 2.03. The number of unbranched alkanes of at least 4 members (excludes halogenated alkanes) is 8. The molecule has 0 N–H and O–H groups in total. The Kier molecular flexibility index (Phi) is 16.5. The number of nitriles is 1. The van der Waals surface area contributed by atoms with Gasteiger partial charge >= 0.3 is 0 Å². The molecule has 0 saturated carbocycles. The Morgan fingerprint density at radius 3 is 2.11 bits per heavy atom. The number of rotatable bonds is 14. The molecule has 0 saturated heterocycles. The molecule has 110 valence electrons. The molecule has 0 aliphatic rings. The van der Waals surface area contributed by atoms with Crippen LogP contribution in [0.4, 0.5) is 0 Å². The summed E-state index contributed by atoms with van der Waals surface area (Å²) >= 11 is 0. The molecule has 0 spiro atoms. The van der Waals surface area contributed by atoms with Gasteiger partial charge < -0.3 is 4.74 Å². The van der Waals surface area contributed by atoms with Gasteiger partial charge in [0.2, 0.25) is 0 Å². The van der Waals surface area contributed by atoms with Crippen LogP contribution in [0.5, 0.6) is 0 Å². The fraction of sp³-hybridized carbons (Fsp3) is 0.824. The van der Waals surface area contributed by atoms with Gasteiger partial charge in [-0.2, -0.15) is 5.26 Å². The number of ether oxygens (including phenoxy) is 1. The van der Waals surface area contributed by atoms with Crippen molar-refractivity contribution in [1.29, 1.82) is 5.26 Å². The van der Waals surface area contributed by atoms with E-state index < -0.39 is 0 Å². The van der Waals surface area contributed by atoms with E-state index in [0.717, 1.165) is 13.0 Å². The number of hydrogen-bond acceptors (Lipinski definition) is 2. The summed E-state index contributed by atoms with van der Waals surface area (Å²) in [7, 11) is 0. The highest BCUT2D eigenvalue weighted by molar-refractivity contribution is 4.79. The summed E-state index contributed by atoms with van der Waals surface area (Å²) in [5.74, 6) is 0. The van der Waals surface area contributed by atoms with E-state index >= 15 is 0 Å². The average Bonchev–Trinajstić information content (AvgIpc) is 2.43. The summed E-state index contributed by atoms with van der Waals surface area (Å²) < 4.78 is 5.34. The van der Waals surface area contributed by atoms with Gasteiger partial charge in [0, 0.05) is 6.61 Å². The van der Waals surface area contributed by atoms with Crippen molar-refractivity contribution in [3.8, 4) is 6.07 Å². The van der Waals surface area contributed by atoms with Crippen LogP contribution in [0.2, 0.25) is 0 Å². The molecule has 0 amide bonds. The van der Waals surface area contributed by atoms with Gasteiger partial charge in [-0.1, -0.05) is 57.6 Å². The highest BCUT2D eigenvalue weighted by Crippen LogP contribution is 2.10. The van der Waals surface area contributed by atoms with Crippen LogP contribution in [0.3, 0.4) is 0 Å². The van der Waals surface area contributed by atoms with E-state index in [1.165, 1.54) is 57.8 Å². The summed E-state index contributed by atoms with van der Waals surface area (Å²) in [5.41, 5.74) is 0. The average molecular weight is 265 g/mol. The molecule has 0 aromatic heterocycles. The van der Waals surface area contributed by atoms with E-state index in [0.29, 0.717) is 13.0 Å². The van der Waals surface area contributed by atoms with Crippen molar-refractivity contribution in [3.05, 3.63) is 12.2 Å². The SMILES string of the molecule is CC/C=C/CCCCCCCCCCOCCC#N. The smallest absolute Gasteiger partial charge is 0.0645 e. The molecule has 2 heteroatoms. The minimum atomic E-state index is 0.521. The molecule has 0 aromatic rings. The molecule has 0 fully saturated rings. The number of allylic oxidation sites excluding steroid dienone is 2. The molecule has 2 nitrogen and oxygen atoms in total. The Morgan fingerprint density at radius 2 is 1.47 bits per heavy atom. The van der Waals surface area contributed by atoms with Crippen molar-refractivity contribution in [2.75, 3.05) is 13.2 Å². The molecule has 0 rings (SSSR count). The first-order valence-electron chi connectivity index (χ1n) is 8.01. The predicted octanol–water partition coefficient (Wildman–Crippen LogP) is 5.39. The zero-order valence-corrected chi connectivity index (χ0v) is 12.7. The van der Waals surface area contributed by atoms with Crippen molar-refractivity contribution in [3.63, 3.8) is 0 Å². The fourth-order valence-electron chi connectivity index (χ4n) is 2.03. The van der Waals surface area contributed by atoms with Crippen molar-refractivity contribution in [2.24, 2.45) is 0 Å². The lowest BCUT2D eigenvalue weighted by molar-refractivity contribution is 0.135. The summed E-state index contributed by atoms with van der Waals surface area (Å²) in [4.78, 5) is 0. The molecule has 0 aliphatic carbocycles. The summed E-state index contributed by atoms with van der Waals surface area (Å²) in [6, 6.07) is 2.09. The zero-order chi connectivity index (χ0) is 14.0. The number of hydrogen-bond donors (Lipinski definition) is 0. The van der Waals surface area contributed by atoms with Crippen molar-refractivity contribution < 1.29 is 4.74 Å². The molecule has 0 unspecified atom stereocenters. The molecular weight excluding hydrogens is 234 g/mol. The van der Waals surface area contributed by atoms with E-state index in [1.54, 1.807) is 0 Å². The molecule has 0 bridgehead atoms. The van der Waals surface area contributed by atoms with Gasteiger partial charge in [-0.25, -0.2) is 0 Å². The second-order valence-corrected chi connectivity index (χ2v) is 5.02. The quantitative estimate of drug-likeness (QED) is 0.311. The van der Waals surface area contributed by atoms with Gasteiger partial charge in [-0.3, -0.25) is 0 Å². The van der Waals surface area contributed by atoms with Gasteiger partial charge in [-0.15, -0.1) is 0 Å². The van der Waals surface area contributed by atoms with E-state index in [-0.39, 0.29) is 0 Å². The van der Waals surface area contributed by atoms with Crippen LogP contribution >= 0.6 is 0 Å².